The molecule has 2 aromatic heterocycles. The summed E-state index contributed by atoms with van der Waals surface area (Å²) in [6.07, 6.45) is 3.59. The van der Waals surface area contributed by atoms with Gasteiger partial charge in [-0.05, 0) is 12.5 Å². The highest BCUT2D eigenvalue weighted by Gasteiger charge is 2.21. The van der Waals surface area contributed by atoms with Crippen LogP contribution in [0.25, 0.3) is 0 Å². The molecule has 0 atom stereocenters. The first kappa shape index (κ1) is 15.3. The van der Waals surface area contributed by atoms with Gasteiger partial charge in [-0.2, -0.15) is 0 Å². The maximum atomic E-state index is 12.0. The number of pyridine rings is 1. The maximum absolute atomic E-state index is 12.0. The largest absolute Gasteiger partial charge is 0.345 e. The Hall–Kier alpha value is -2.06. The molecule has 0 aliphatic heterocycles. The van der Waals surface area contributed by atoms with Gasteiger partial charge >= 0.3 is 0 Å². The summed E-state index contributed by atoms with van der Waals surface area (Å²) in [4.78, 5) is 31.1. The standard InChI is InChI=1S/C12H11ClN4O3S/c1-2-7-4-15-11(21-7)6-16-12(18)8-3-10(13)14-5-9(8)17(19)20/h3-5H,2,6H2,1H3,(H,16,18). The molecule has 0 spiro atoms. The first-order valence-corrected chi connectivity index (χ1v) is 7.22. The van der Waals surface area contributed by atoms with E-state index in [1.54, 1.807) is 6.20 Å². The molecule has 0 aliphatic carbocycles. The molecule has 0 radical (unpaired) electrons. The van der Waals surface area contributed by atoms with Crippen LogP contribution in [0.15, 0.2) is 18.5 Å². The Bertz CT molecular complexity index is 689. The summed E-state index contributed by atoms with van der Waals surface area (Å²) >= 11 is 7.17. The number of thiazole rings is 1. The van der Waals surface area contributed by atoms with E-state index in [-0.39, 0.29) is 22.9 Å². The summed E-state index contributed by atoms with van der Waals surface area (Å²) in [7, 11) is 0. The molecule has 0 saturated heterocycles. The fraction of sp³-hybridized carbons (Fsp3) is 0.250. The van der Waals surface area contributed by atoms with Crippen molar-refractivity contribution in [3.05, 3.63) is 49.2 Å². The second-order valence-corrected chi connectivity index (χ2v) is 5.62. The van der Waals surface area contributed by atoms with Gasteiger partial charge in [0.2, 0.25) is 0 Å². The average Bonchev–Trinajstić information content (AvgIpc) is 2.92. The summed E-state index contributed by atoms with van der Waals surface area (Å²) in [5, 5.41) is 14.2. The Morgan fingerprint density at radius 2 is 2.24 bits per heavy atom. The number of nitro groups is 1. The van der Waals surface area contributed by atoms with Crippen LogP contribution >= 0.6 is 22.9 Å². The number of rotatable bonds is 5. The first-order valence-electron chi connectivity index (χ1n) is 6.03. The first-order chi connectivity index (χ1) is 10.0. The van der Waals surface area contributed by atoms with Gasteiger partial charge in [-0.1, -0.05) is 18.5 Å². The van der Waals surface area contributed by atoms with Crippen molar-refractivity contribution in [2.45, 2.75) is 19.9 Å². The molecule has 0 aliphatic rings. The fourth-order valence-corrected chi connectivity index (χ4v) is 2.55. The fourth-order valence-electron chi connectivity index (χ4n) is 1.59. The van der Waals surface area contributed by atoms with Crippen molar-refractivity contribution in [2.75, 3.05) is 0 Å². The minimum atomic E-state index is -0.670. The van der Waals surface area contributed by atoms with Crippen LogP contribution in [0.3, 0.4) is 0 Å². The van der Waals surface area contributed by atoms with Crippen molar-refractivity contribution in [3.8, 4) is 0 Å². The molecule has 1 N–H and O–H groups in total. The van der Waals surface area contributed by atoms with E-state index < -0.39 is 10.8 Å². The predicted molar refractivity (Wildman–Crippen MR) is 78.6 cm³/mol. The Morgan fingerprint density at radius 3 is 2.86 bits per heavy atom. The smallest absolute Gasteiger partial charge is 0.300 e. The molecule has 2 aromatic rings. The third-order valence-corrected chi connectivity index (χ3v) is 3.99. The number of aryl methyl sites for hydroxylation is 1. The van der Waals surface area contributed by atoms with Gasteiger partial charge in [0.15, 0.2) is 0 Å². The predicted octanol–water partition coefficient (Wildman–Crippen LogP) is 2.59. The van der Waals surface area contributed by atoms with Crippen LogP contribution in [0.5, 0.6) is 0 Å². The Kier molecular flexibility index (Phi) is 4.81. The van der Waals surface area contributed by atoms with Crippen LogP contribution in [-0.4, -0.2) is 20.8 Å². The molecular formula is C12H11ClN4O3S. The van der Waals surface area contributed by atoms with Crippen LogP contribution < -0.4 is 5.32 Å². The van der Waals surface area contributed by atoms with Gasteiger partial charge in [-0.15, -0.1) is 11.3 Å². The molecule has 21 heavy (non-hydrogen) atoms. The highest BCUT2D eigenvalue weighted by atomic mass is 35.5. The minimum absolute atomic E-state index is 0.0215. The number of nitrogens with zero attached hydrogens (tertiary/aromatic N) is 3. The van der Waals surface area contributed by atoms with Crippen LogP contribution in [0.1, 0.15) is 27.2 Å². The molecule has 2 rings (SSSR count). The summed E-state index contributed by atoms with van der Waals surface area (Å²) in [6, 6.07) is 1.17. The van der Waals surface area contributed by atoms with Crippen molar-refractivity contribution >= 4 is 34.5 Å². The van der Waals surface area contributed by atoms with Gasteiger partial charge in [0.25, 0.3) is 11.6 Å². The van der Waals surface area contributed by atoms with Crippen molar-refractivity contribution in [1.29, 1.82) is 0 Å². The van der Waals surface area contributed by atoms with Gasteiger partial charge < -0.3 is 5.32 Å². The van der Waals surface area contributed by atoms with E-state index in [0.717, 1.165) is 22.5 Å². The molecule has 7 nitrogen and oxygen atoms in total. The Morgan fingerprint density at radius 1 is 1.48 bits per heavy atom. The quantitative estimate of drug-likeness (QED) is 0.517. The van der Waals surface area contributed by atoms with E-state index >= 15 is 0 Å². The number of carbonyl (C=O) groups is 1. The lowest BCUT2D eigenvalue weighted by Crippen LogP contribution is -2.23. The summed E-state index contributed by atoms with van der Waals surface area (Å²) < 4.78 is 0. The van der Waals surface area contributed by atoms with E-state index in [2.05, 4.69) is 15.3 Å². The number of amides is 1. The summed E-state index contributed by atoms with van der Waals surface area (Å²) in [5.74, 6) is -0.584. The van der Waals surface area contributed by atoms with Gasteiger partial charge in [0, 0.05) is 11.1 Å². The summed E-state index contributed by atoms with van der Waals surface area (Å²) in [6.45, 7) is 2.22. The topological polar surface area (TPSA) is 98.0 Å². The normalized spacial score (nSPS) is 10.4. The lowest BCUT2D eigenvalue weighted by Gasteiger charge is -2.04. The maximum Gasteiger partial charge on any atom is 0.300 e. The van der Waals surface area contributed by atoms with Gasteiger partial charge in [0.05, 0.1) is 11.5 Å². The molecule has 0 bridgehead atoms. The van der Waals surface area contributed by atoms with E-state index in [1.807, 2.05) is 6.92 Å². The number of hydrogen-bond acceptors (Lipinski definition) is 6. The van der Waals surface area contributed by atoms with Crippen molar-refractivity contribution < 1.29 is 9.72 Å². The number of hydrogen-bond donors (Lipinski definition) is 1. The summed E-state index contributed by atoms with van der Waals surface area (Å²) in [5.41, 5.74) is -0.502. The second kappa shape index (κ2) is 6.59. The van der Waals surface area contributed by atoms with E-state index in [1.165, 1.54) is 17.4 Å². The SMILES string of the molecule is CCc1cnc(CNC(=O)c2cc(Cl)ncc2[N+](=O)[O-])s1. The molecule has 0 fully saturated rings. The van der Waals surface area contributed by atoms with E-state index in [0.29, 0.717) is 0 Å². The third kappa shape index (κ3) is 3.73. The van der Waals surface area contributed by atoms with Crippen LogP contribution in [-0.2, 0) is 13.0 Å². The van der Waals surface area contributed by atoms with Crippen LogP contribution in [0.4, 0.5) is 5.69 Å². The monoisotopic (exact) mass is 326 g/mol. The number of nitrogens with one attached hydrogen (secondary N) is 1. The lowest BCUT2D eigenvalue weighted by atomic mass is 10.2. The zero-order valence-electron chi connectivity index (χ0n) is 11.0. The zero-order valence-corrected chi connectivity index (χ0v) is 12.6. The average molecular weight is 327 g/mol. The molecule has 0 saturated carbocycles. The van der Waals surface area contributed by atoms with Crippen molar-refractivity contribution in [3.63, 3.8) is 0 Å². The third-order valence-electron chi connectivity index (χ3n) is 2.64. The molecule has 9 heteroatoms. The Labute approximate surface area is 129 Å². The Balaban J connectivity index is 2.13. The highest BCUT2D eigenvalue weighted by molar-refractivity contribution is 7.11. The molecule has 110 valence electrons. The molecule has 2 heterocycles. The van der Waals surface area contributed by atoms with Crippen molar-refractivity contribution in [2.24, 2.45) is 0 Å². The molecule has 0 unspecified atom stereocenters. The molecule has 0 aromatic carbocycles. The van der Waals surface area contributed by atoms with Crippen molar-refractivity contribution in [1.82, 2.24) is 15.3 Å². The van der Waals surface area contributed by atoms with E-state index in [9.17, 15) is 14.9 Å². The molecular weight excluding hydrogens is 316 g/mol. The zero-order chi connectivity index (χ0) is 15.4. The van der Waals surface area contributed by atoms with Crippen LogP contribution in [0.2, 0.25) is 5.15 Å². The van der Waals surface area contributed by atoms with Gasteiger partial charge in [-0.25, -0.2) is 9.97 Å². The number of aromatic nitrogens is 2. The highest BCUT2D eigenvalue weighted by Crippen LogP contribution is 2.20. The number of halogens is 1. The minimum Gasteiger partial charge on any atom is -0.345 e. The van der Waals surface area contributed by atoms with Crippen LogP contribution in [0, 0.1) is 10.1 Å². The van der Waals surface area contributed by atoms with E-state index in [4.69, 9.17) is 11.6 Å². The lowest BCUT2D eigenvalue weighted by molar-refractivity contribution is -0.385. The molecule has 1 amide bonds. The number of carbonyl (C=O) groups excluding carboxylic acids is 1. The van der Waals surface area contributed by atoms with Gasteiger partial charge in [0.1, 0.15) is 21.9 Å². The second-order valence-electron chi connectivity index (χ2n) is 4.04. The van der Waals surface area contributed by atoms with Gasteiger partial charge in [-0.3, -0.25) is 14.9 Å².